The predicted octanol–water partition coefficient (Wildman–Crippen LogP) is 2.96. The first-order chi connectivity index (χ1) is 13.2. The third-order valence-electron chi connectivity index (χ3n) is 5.86. The fourth-order valence-corrected chi connectivity index (χ4v) is 4.78. The number of fused-ring (bicyclic) bond motifs is 8. The third kappa shape index (κ3) is 2.02. The molecule has 3 aromatic heterocycles. The van der Waals surface area contributed by atoms with Crippen molar-refractivity contribution in [3.05, 3.63) is 64.6 Å². The summed E-state index contributed by atoms with van der Waals surface area (Å²) < 4.78 is 15.6. The number of hydrogen-bond acceptors (Lipinski definition) is 4. The number of H-pyrrole nitrogens is 1. The molecule has 0 unspecified atom stereocenters. The zero-order valence-electron chi connectivity index (χ0n) is 14.4. The molecule has 4 aromatic rings. The van der Waals surface area contributed by atoms with E-state index in [4.69, 9.17) is 0 Å². The minimum atomic E-state index is -0.283. The van der Waals surface area contributed by atoms with Crippen LogP contribution in [0.5, 0.6) is 0 Å². The van der Waals surface area contributed by atoms with Crippen LogP contribution in [0.15, 0.2) is 47.5 Å². The Morgan fingerprint density at radius 3 is 3.00 bits per heavy atom. The third-order valence-corrected chi connectivity index (χ3v) is 5.86. The summed E-state index contributed by atoms with van der Waals surface area (Å²) in [6.45, 7) is 1.53. The van der Waals surface area contributed by atoms with Gasteiger partial charge in [-0.15, -0.1) is 0 Å². The summed E-state index contributed by atoms with van der Waals surface area (Å²) >= 11 is 0. The van der Waals surface area contributed by atoms with E-state index in [0.29, 0.717) is 5.92 Å². The first kappa shape index (κ1) is 14.9. The van der Waals surface area contributed by atoms with E-state index < -0.39 is 0 Å². The summed E-state index contributed by atoms with van der Waals surface area (Å²) in [5.74, 6) is 0.839. The smallest absolute Gasteiger partial charge is 0.251 e. The Morgan fingerprint density at radius 2 is 2.07 bits per heavy atom. The van der Waals surface area contributed by atoms with E-state index in [9.17, 15) is 9.18 Å². The summed E-state index contributed by atoms with van der Waals surface area (Å²) in [5, 5.41) is 0.758. The Labute approximate surface area is 153 Å². The molecule has 6 rings (SSSR count). The first-order valence-corrected chi connectivity index (χ1v) is 9.07. The zero-order valence-corrected chi connectivity index (χ0v) is 14.4. The van der Waals surface area contributed by atoms with Crippen LogP contribution in [0.3, 0.4) is 0 Å². The molecule has 0 spiro atoms. The van der Waals surface area contributed by atoms with E-state index in [-0.39, 0.29) is 17.4 Å². The van der Waals surface area contributed by atoms with Gasteiger partial charge in [-0.2, -0.15) is 0 Å². The molecule has 1 N–H and O–H groups in total. The van der Waals surface area contributed by atoms with Gasteiger partial charge in [0, 0.05) is 41.7 Å². The van der Waals surface area contributed by atoms with Gasteiger partial charge < -0.3 is 14.5 Å². The molecule has 0 aliphatic carbocycles. The van der Waals surface area contributed by atoms with E-state index in [0.717, 1.165) is 53.0 Å². The predicted molar refractivity (Wildman–Crippen MR) is 101 cm³/mol. The van der Waals surface area contributed by atoms with Crippen molar-refractivity contribution in [2.75, 3.05) is 18.0 Å². The minimum Gasteiger partial charge on any atom is -0.352 e. The molecule has 2 aliphatic rings. The quantitative estimate of drug-likeness (QED) is 0.566. The number of anilines is 1. The Balaban J connectivity index is 1.49. The minimum absolute atomic E-state index is 0.0655. The lowest BCUT2D eigenvalue weighted by Crippen LogP contribution is -2.37. The van der Waals surface area contributed by atoms with Crippen LogP contribution in [-0.4, -0.2) is 32.6 Å². The van der Waals surface area contributed by atoms with Crippen LogP contribution in [0.2, 0.25) is 0 Å². The van der Waals surface area contributed by atoms with E-state index in [1.165, 1.54) is 18.5 Å². The normalized spacial score (nSPS) is 21.1. The number of hydrogen-bond donors (Lipinski definition) is 1. The van der Waals surface area contributed by atoms with Gasteiger partial charge in [0.25, 0.3) is 5.56 Å². The number of piperidine rings is 1. The maximum absolute atomic E-state index is 13.7. The molecule has 6 nitrogen and oxygen atoms in total. The maximum Gasteiger partial charge on any atom is 0.251 e. The molecule has 27 heavy (non-hydrogen) atoms. The molecular weight excluding hydrogens is 345 g/mol. The fraction of sp³-hybridized carbons (Fsp3) is 0.250. The number of nitrogens with one attached hydrogen (secondary N) is 1. The molecular formula is C20H16FN5O. The van der Waals surface area contributed by atoms with Crippen molar-refractivity contribution in [2.45, 2.75) is 18.4 Å². The molecule has 1 fully saturated rings. The molecule has 0 saturated carbocycles. The monoisotopic (exact) mass is 361 g/mol. The van der Waals surface area contributed by atoms with Crippen molar-refractivity contribution >= 4 is 27.8 Å². The molecule has 134 valence electrons. The van der Waals surface area contributed by atoms with Crippen LogP contribution < -0.4 is 10.5 Å². The van der Waals surface area contributed by atoms with E-state index in [1.54, 1.807) is 12.1 Å². The number of pyridine rings is 1. The standard InChI is InChI=1S/C20H16FN5O/c21-12-4-5-15-14(7-12)18-19(24-15)20(23-10-22-18)25-8-11-6-13(9-25)26-16(11)2-1-3-17(26)27/h1-5,7,10-11,13,24H,6,8-9H2/t11-,13+/m0/s1. The highest BCUT2D eigenvalue weighted by Gasteiger charge is 2.39. The van der Waals surface area contributed by atoms with E-state index in [2.05, 4.69) is 25.9 Å². The van der Waals surface area contributed by atoms with Gasteiger partial charge in [0.15, 0.2) is 5.82 Å². The molecule has 0 radical (unpaired) electrons. The van der Waals surface area contributed by atoms with Crippen LogP contribution in [0, 0.1) is 5.82 Å². The van der Waals surface area contributed by atoms with Crippen molar-refractivity contribution in [3.63, 3.8) is 0 Å². The lowest BCUT2D eigenvalue weighted by Gasteiger charge is -2.32. The second kappa shape index (κ2) is 5.16. The summed E-state index contributed by atoms with van der Waals surface area (Å²) in [5.41, 5.74) is 3.56. The average Bonchev–Trinajstić information content (AvgIpc) is 3.17. The number of aromatic amines is 1. The maximum atomic E-state index is 13.7. The van der Waals surface area contributed by atoms with Gasteiger partial charge in [0.1, 0.15) is 23.2 Å². The largest absolute Gasteiger partial charge is 0.352 e. The Bertz CT molecular complexity index is 1280. The Kier molecular flexibility index (Phi) is 2.85. The van der Waals surface area contributed by atoms with Crippen molar-refractivity contribution in [1.82, 2.24) is 19.5 Å². The molecule has 1 aromatic carbocycles. The topological polar surface area (TPSA) is 66.8 Å². The summed E-state index contributed by atoms with van der Waals surface area (Å²) in [7, 11) is 0. The summed E-state index contributed by atoms with van der Waals surface area (Å²) in [6, 6.07) is 10.3. The Hall–Kier alpha value is -3.22. The summed E-state index contributed by atoms with van der Waals surface area (Å²) in [4.78, 5) is 26.8. The molecule has 2 aliphatic heterocycles. The molecule has 0 amide bonds. The number of nitrogens with zero attached hydrogens (tertiary/aromatic N) is 4. The number of benzene rings is 1. The number of rotatable bonds is 1. The van der Waals surface area contributed by atoms with Gasteiger partial charge in [0.05, 0.1) is 6.04 Å². The molecule has 2 atom stereocenters. The van der Waals surface area contributed by atoms with Crippen molar-refractivity contribution in [2.24, 2.45) is 0 Å². The van der Waals surface area contributed by atoms with Gasteiger partial charge in [-0.1, -0.05) is 6.07 Å². The summed E-state index contributed by atoms with van der Waals surface area (Å²) in [6.07, 6.45) is 2.52. The van der Waals surface area contributed by atoms with Gasteiger partial charge in [0.2, 0.25) is 0 Å². The second-order valence-electron chi connectivity index (χ2n) is 7.39. The van der Waals surface area contributed by atoms with Crippen molar-refractivity contribution in [3.8, 4) is 0 Å². The molecule has 2 bridgehead atoms. The highest BCUT2D eigenvalue weighted by atomic mass is 19.1. The lowest BCUT2D eigenvalue weighted by molar-refractivity contribution is 0.440. The molecule has 5 heterocycles. The number of halogens is 1. The van der Waals surface area contributed by atoms with Gasteiger partial charge >= 0.3 is 0 Å². The average molecular weight is 361 g/mol. The zero-order chi connectivity index (χ0) is 18.1. The van der Waals surface area contributed by atoms with E-state index in [1.807, 2.05) is 10.6 Å². The first-order valence-electron chi connectivity index (χ1n) is 9.07. The molecule has 1 saturated heterocycles. The molecule has 7 heteroatoms. The van der Waals surface area contributed by atoms with Gasteiger partial charge in [-0.25, -0.2) is 14.4 Å². The lowest BCUT2D eigenvalue weighted by atomic mass is 9.96. The van der Waals surface area contributed by atoms with Crippen LogP contribution in [0.25, 0.3) is 21.9 Å². The van der Waals surface area contributed by atoms with Crippen LogP contribution >= 0.6 is 0 Å². The highest BCUT2D eigenvalue weighted by Crippen LogP contribution is 2.42. The SMILES string of the molecule is O=c1cccc2n1[C@@H]1C[C@H]2CN(c2ncnc3c2[nH]c2ccc(F)cc23)C1. The van der Waals surface area contributed by atoms with Gasteiger partial charge in [-0.3, -0.25) is 4.79 Å². The van der Waals surface area contributed by atoms with Crippen molar-refractivity contribution in [1.29, 1.82) is 0 Å². The van der Waals surface area contributed by atoms with Crippen molar-refractivity contribution < 1.29 is 4.39 Å². The van der Waals surface area contributed by atoms with Crippen LogP contribution in [-0.2, 0) is 0 Å². The number of aromatic nitrogens is 4. The van der Waals surface area contributed by atoms with Gasteiger partial charge in [-0.05, 0) is 30.7 Å². The van der Waals surface area contributed by atoms with E-state index >= 15 is 0 Å². The van der Waals surface area contributed by atoms with Crippen LogP contribution in [0.1, 0.15) is 24.1 Å². The Morgan fingerprint density at radius 1 is 1.15 bits per heavy atom. The fourth-order valence-electron chi connectivity index (χ4n) is 4.78. The second-order valence-corrected chi connectivity index (χ2v) is 7.39. The van der Waals surface area contributed by atoms with Crippen LogP contribution in [0.4, 0.5) is 10.2 Å². The highest BCUT2D eigenvalue weighted by molar-refractivity contribution is 6.08.